The Labute approximate surface area is 156 Å². The monoisotopic (exact) mass is 360 g/mol. The third kappa shape index (κ3) is 6.94. The van der Waals surface area contributed by atoms with Crippen molar-refractivity contribution in [2.24, 2.45) is 10.9 Å². The van der Waals surface area contributed by atoms with Gasteiger partial charge in [0.1, 0.15) is 5.75 Å². The summed E-state index contributed by atoms with van der Waals surface area (Å²) in [6, 6.07) is 6.18. The molecule has 0 aliphatic heterocycles. The van der Waals surface area contributed by atoms with Gasteiger partial charge in [0.15, 0.2) is 5.96 Å². The van der Waals surface area contributed by atoms with Crippen molar-refractivity contribution in [1.82, 2.24) is 16.0 Å². The molecular weight excluding hydrogens is 328 g/mol. The summed E-state index contributed by atoms with van der Waals surface area (Å²) in [7, 11) is 0. The van der Waals surface area contributed by atoms with Gasteiger partial charge in [0.2, 0.25) is 5.91 Å². The van der Waals surface area contributed by atoms with E-state index in [0.29, 0.717) is 26.2 Å². The lowest BCUT2D eigenvalue weighted by Gasteiger charge is -2.13. The Morgan fingerprint density at radius 2 is 1.85 bits per heavy atom. The van der Waals surface area contributed by atoms with Gasteiger partial charge in [0.05, 0.1) is 6.61 Å². The van der Waals surface area contributed by atoms with E-state index in [1.54, 1.807) is 0 Å². The van der Waals surface area contributed by atoms with Crippen LogP contribution in [-0.4, -0.2) is 44.7 Å². The fourth-order valence-electron chi connectivity index (χ4n) is 2.65. The van der Waals surface area contributed by atoms with Gasteiger partial charge in [-0.15, -0.1) is 0 Å². The van der Waals surface area contributed by atoms with Crippen molar-refractivity contribution in [2.45, 2.75) is 40.0 Å². The summed E-state index contributed by atoms with van der Waals surface area (Å²) >= 11 is 0. The summed E-state index contributed by atoms with van der Waals surface area (Å²) in [5, 5.41) is 9.41. The largest absolute Gasteiger partial charge is 0.493 e. The van der Waals surface area contributed by atoms with Crippen molar-refractivity contribution < 1.29 is 9.53 Å². The first-order chi connectivity index (χ1) is 12.6. The zero-order chi connectivity index (χ0) is 18.8. The lowest BCUT2D eigenvalue weighted by Crippen LogP contribution is -2.41. The number of nitrogens with zero attached hydrogens (tertiary/aromatic N) is 1. The highest BCUT2D eigenvalue weighted by atomic mass is 16.5. The molecule has 6 heteroatoms. The van der Waals surface area contributed by atoms with E-state index >= 15 is 0 Å². The highest BCUT2D eigenvalue weighted by Gasteiger charge is 2.28. The number of aryl methyl sites for hydroxylation is 2. The minimum atomic E-state index is 0.178. The molecule has 1 aliphatic carbocycles. The summed E-state index contributed by atoms with van der Waals surface area (Å²) in [5.74, 6) is 2.19. The number of benzene rings is 1. The molecule has 0 atom stereocenters. The van der Waals surface area contributed by atoms with Crippen LogP contribution >= 0.6 is 0 Å². The van der Waals surface area contributed by atoms with Gasteiger partial charge < -0.3 is 20.7 Å². The highest BCUT2D eigenvalue weighted by molar-refractivity contribution is 5.81. The molecule has 6 nitrogen and oxygen atoms in total. The summed E-state index contributed by atoms with van der Waals surface area (Å²) in [4.78, 5) is 16.1. The fourth-order valence-corrected chi connectivity index (χ4v) is 2.65. The Hall–Kier alpha value is -2.24. The number of nitrogens with one attached hydrogen (secondary N) is 3. The predicted molar refractivity (Wildman–Crippen MR) is 106 cm³/mol. The lowest BCUT2D eigenvalue weighted by atomic mass is 10.1. The minimum absolute atomic E-state index is 0.178. The van der Waals surface area contributed by atoms with Crippen LogP contribution in [0.25, 0.3) is 0 Å². The second-order valence-electron chi connectivity index (χ2n) is 6.68. The van der Waals surface area contributed by atoms with Crippen molar-refractivity contribution in [3.05, 3.63) is 29.3 Å². The van der Waals surface area contributed by atoms with Crippen molar-refractivity contribution in [1.29, 1.82) is 0 Å². The van der Waals surface area contributed by atoms with Crippen LogP contribution in [0.15, 0.2) is 23.2 Å². The first kappa shape index (κ1) is 20.1. The molecule has 0 aromatic heterocycles. The van der Waals surface area contributed by atoms with Gasteiger partial charge >= 0.3 is 0 Å². The van der Waals surface area contributed by atoms with Gasteiger partial charge in [-0.3, -0.25) is 9.79 Å². The standard InChI is InChI=1S/C20H32N4O2/c1-4-21-20(24-13-12-22-19(25)17-9-10-17)23-11-6-14-26-18-15(2)7-5-8-16(18)3/h5,7-8,17H,4,6,9-14H2,1-3H3,(H,22,25)(H2,21,23,24). The molecule has 3 N–H and O–H groups in total. The quantitative estimate of drug-likeness (QED) is 0.340. The number of hydrogen-bond donors (Lipinski definition) is 3. The van der Waals surface area contributed by atoms with Crippen molar-refractivity contribution in [2.75, 3.05) is 32.8 Å². The number of rotatable bonds is 10. The number of carbonyl (C=O) groups excluding carboxylic acids is 1. The van der Waals surface area contributed by atoms with E-state index in [-0.39, 0.29) is 11.8 Å². The molecule has 0 bridgehead atoms. The Morgan fingerprint density at radius 3 is 2.50 bits per heavy atom. The Balaban J connectivity index is 1.64. The zero-order valence-electron chi connectivity index (χ0n) is 16.2. The number of para-hydroxylation sites is 1. The van der Waals surface area contributed by atoms with E-state index in [4.69, 9.17) is 4.74 Å². The van der Waals surface area contributed by atoms with Crippen LogP contribution in [0.2, 0.25) is 0 Å². The normalized spacial score (nSPS) is 14.0. The average Bonchev–Trinajstić information content (AvgIpc) is 3.45. The summed E-state index contributed by atoms with van der Waals surface area (Å²) in [6.07, 6.45) is 2.92. The zero-order valence-corrected chi connectivity index (χ0v) is 16.2. The highest BCUT2D eigenvalue weighted by Crippen LogP contribution is 2.28. The number of hydrogen-bond acceptors (Lipinski definition) is 3. The molecule has 144 valence electrons. The van der Waals surface area contributed by atoms with Gasteiger partial charge in [0.25, 0.3) is 0 Å². The van der Waals surface area contributed by atoms with Gasteiger partial charge in [-0.1, -0.05) is 18.2 Å². The van der Waals surface area contributed by atoms with Crippen molar-refractivity contribution in [3.63, 3.8) is 0 Å². The molecule has 1 amide bonds. The number of ether oxygens (including phenoxy) is 1. The molecule has 0 heterocycles. The van der Waals surface area contributed by atoms with Gasteiger partial charge in [-0.25, -0.2) is 0 Å². The molecule has 1 aliphatic rings. The van der Waals surface area contributed by atoms with Crippen molar-refractivity contribution >= 4 is 11.9 Å². The van der Waals surface area contributed by atoms with Crippen LogP contribution in [0.4, 0.5) is 0 Å². The maximum absolute atomic E-state index is 11.6. The molecule has 1 aromatic rings. The van der Waals surface area contributed by atoms with Crippen LogP contribution in [0.3, 0.4) is 0 Å². The van der Waals surface area contributed by atoms with E-state index in [1.165, 1.54) is 0 Å². The van der Waals surface area contributed by atoms with E-state index in [2.05, 4.69) is 46.9 Å². The third-order valence-corrected chi connectivity index (χ3v) is 4.24. The van der Waals surface area contributed by atoms with Gasteiger partial charge in [-0.2, -0.15) is 0 Å². The molecule has 0 spiro atoms. The van der Waals surface area contributed by atoms with Gasteiger partial charge in [-0.05, 0) is 44.7 Å². The Kier molecular flexibility index (Phi) is 8.25. The van der Waals surface area contributed by atoms with Crippen LogP contribution in [0, 0.1) is 19.8 Å². The molecule has 0 unspecified atom stereocenters. The lowest BCUT2D eigenvalue weighted by molar-refractivity contribution is -0.122. The summed E-state index contributed by atoms with van der Waals surface area (Å²) in [5.41, 5.74) is 2.33. The Bertz CT molecular complexity index is 592. The molecule has 0 saturated heterocycles. The maximum Gasteiger partial charge on any atom is 0.223 e. The number of amides is 1. The molecule has 1 aromatic carbocycles. The molecular formula is C20H32N4O2. The maximum atomic E-state index is 11.6. The first-order valence-corrected chi connectivity index (χ1v) is 9.60. The minimum Gasteiger partial charge on any atom is -0.493 e. The first-order valence-electron chi connectivity index (χ1n) is 9.60. The molecule has 1 fully saturated rings. The predicted octanol–water partition coefficient (Wildman–Crippen LogP) is 2.15. The van der Waals surface area contributed by atoms with Gasteiger partial charge in [0, 0.05) is 38.5 Å². The molecule has 2 rings (SSSR count). The Morgan fingerprint density at radius 1 is 1.15 bits per heavy atom. The van der Waals surface area contributed by atoms with Crippen LogP contribution in [-0.2, 0) is 4.79 Å². The van der Waals surface area contributed by atoms with Crippen LogP contribution < -0.4 is 20.7 Å². The summed E-state index contributed by atoms with van der Waals surface area (Å²) < 4.78 is 5.90. The third-order valence-electron chi connectivity index (χ3n) is 4.24. The van der Waals surface area contributed by atoms with Crippen LogP contribution in [0.1, 0.15) is 37.3 Å². The molecule has 0 radical (unpaired) electrons. The number of aliphatic imine (C=N–C) groups is 1. The van der Waals surface area contributed by atoms with Crippen LogP contribution in [0.5, 0.6) is 5.75 Å². The smallest absolute Gasteiger partial charge is 0.223 e. The number of carbonyl (C=O) groups is 1. The second-order valence-corrected chi connectivity index (χ2v) is 6.68. The molecule has 1 saturated carbocycles. The second kappa shape index (κ2) is 10.7. The van der Waals surface area contributed by atoms with E-state index < -0.39 is 0 Å². The fraction of sp³-hybridized carbons (Fsp3) is 0.600. The SMILES string of the molecule is CCNC(=NCCCOc1c(C)cccc1C)NCCNC(=O)C1CC1. The van der Waals surface area contributed by atoms with E-state index in [0.717, 1.165) is 48.6 Å². The topological polar surface area (TPSA) is 74.8 Å². The van der Waals surface area contributed by atoms with E-state index in [1.807, 2.05) is 13.0 Å². The summed E-state index contributed by atoms with van der Waals surface area (Å²) in [6.45, 7) is 9.60. The molecule has 26 heavy (non-hydrogen) atoms. The van der Waals surface area contributed by atoms with Crippen molar-refractivity contribution in [3.8, 4) is 5.75 Å². The number of guanidine groups is 1. The van der Waals surface area contributed by atoms with E-state index in [9.17, 15) is 4.79 Å². The average molecular weight is 361 g/mol.